The summed E-state index contributed by atoms with van der Waals surface area (Å²) in [6.45, 7) is 0.417. The average molecular weight is 650 g/mol. The van der Waals surface area contributed by atoms with Gasteiger partial charge in [-0.05, 0) is 87.9 Å². The molecule has 0 spiro atoms. The highest BCUT2D eigenvalue weighted by molar-refractivity contribution is 14.2. The number of carbonyl (C=O) groups excluding carboxylic acids is 1. The lowest BCUT2D eigenvalue weighted by molar-refractivity contribution is -0.111. The number of carbonyl (C=O) groups is 1. The van der Waals surface area contributed by atoms with E-state index < -0.39 is 1.68 Å². The number of ether oxygens (including phenoxy) is 1. The Morgan fingerprint density at radius 3 is 2.93 bits per heavy atom. The van der Waals surface area contributed by atoms with E-state index in [0.717, 1.165) is 27.8 Å². The molecule has 1 aliphatic heterocycles. The molecule has 0 unspecified atom stereocenters. The zero-order valence-electron chi connectivity index (χ0n) is 15.6. The summed E-state index contributed by atoms with van der Waals surface area (Å²) in [4.78, 5) is 17.0. The van der Waals surface area contributed by atoms with Crippen LogP contribution in [0.3, 0.4) is 0 Å². The van der Waals surface area contributed by atoms with Crippen LogP contribution in [0.4, 0.5) is 10.1 Å². The highest BCUT2D eigenvalue weighted by atomic mass is 127. The van der Waals surface area contributed by atoms with Crippen molar-refractivity contribution in [2.75, 3.05) is 11.9 Å². The second-order valence-corrected chi connectivity index (χ2v) is 12.9. The van der Waals surface area contributed by atoms with Gasteiger partial charge in [-0.15, -0.1) is 11.3 Å². The molecular weight excluding hydrogens is 633 g/mol. The Morgan fingerprint density at radius 2 is 2.17 bits per heavy atom. The Labute approximate surface area is 204 Å². The number of amides is 1. The van der Waals surface area contributed by atoms with Gasteiger partial charge in [0.25, 0.3) is 0 Å². The zero-order chi connectivity index (χ0) is 21.3. The van der Waals surface area contributed by atoms with Crippen LogP contribution in [0.1, 0.15) is 29.0 Å². The van der Waals surface area contributed by atoms with Crippen molar-refractivity contribution in [3.05, 3.63) is 58.6 Å². The van der Waals surface area contributed by atoms with Gasteiger partial charge in [0.1, 0.15) is 10.8 Å². The number of nitrogens with zero attached hydrogens (tertiary/aromatic N) is 1. The summed E-state index contributed by atoms with van der Waals surface area (Å²) in [5.41, 5.74) is 3.56. The summed E-state index contributed by atoms with van der Waals surface area (Å²) in [6.07, 6.45) is 3.04. The lowest BCUT2D eigenvalue weighted by Crippen LogP contribution is -2.09. The molecule has 0 fully saturated rings. The summed E-state index contributed by atoms with van der Waals surface area (Å²) in [5, 5.41) is 12.8. The van der Waals surface area contributed by atoms with Gasteiger partial charge in [0.15, 0.2) is 0 Å². The molecule has 3 aromatic rings. The minimum atomic E-state index is -1.52. The van der Waals surface area contributed by atoms with Crippen molar-refractivity contribution < 1.29 is 19.0 Å². The molecule has 1 aromatic heterocycles. The number of allylic oxidation sites excluding steroid dienone is 1. The number of rotatable bonds is 4. The Morgan fingerprint density at radius 1 is 1.33 bits per heavy atom. The van der Waals surface area contributed by atoms with Crippen molar-refractivity contribution in [1.82, 2.24) is 4.98 Å². The maximum Gasteiger partial charge on any atom is 0.248 e. The van der Waals surface area contributed by atoms with E-state index in [1.165, 1.54) is 11.3 Å². The minimum absolute atomic E-state index is 0.102. The van der Waals surface area contributed by atoms with Crippen LogP contribution < -0.4 is 10.1 Å². The predicted octanol–water partition coefficient (Wildman–Crippen LogP) is 5.93. The molecule has 2 N–H and O–H groups in total. The second kappa shape index (κ2) is 9.05. The smallest absolute Gasteiger partial charge is 0.248 e. The molecule has 156 valence electrons. The van der Waals surface area contributed by atoms with E-state index in [0.29, 0.717) is 35.0 Å². The standard InChI is InChI=1S/C21H17FI2N2O3S/c22-21(23,24)13-3-5-15-12(2-1-7-29-17(15)9-13)8-19(28)25-14-4-6-18-16(10-14)26-20(11-27)30-18/h3-6,8-10,27H,1-2,7,11H2,(H,25,28)/b12-8+. The number of hydrogen-bond acceptors (Lipinski definition) is 5. The molecule has 0 aliphatic carbocycles. The largest absolute Gasteiger partial charge is 0.493 e. The molecule has 4 rings (SSSR count). The molecule has 1 amide bonds. The average Bonchev–Trinajstić information content (AvgIpc) is 3.01. The van der Waals surface area contributed by atoms with Gasteiger partial charge >= 0.3 is 0 Å². The summed E-state index contributed by atoms with van der Waals surface area (Å²) in [5.74, 6) is 0.348. The van der Waals surface area contributed by atoms with Crippen molar-refractivity contribution in [3.63, 3.8) is 0 Å². The third-order valence-corrected chi connectivity index (χ3v) is 6.91. The second-order valence-electron chi connectivity index (χ2n) is 6.77. The van der Waals surface area contributed by atoms with Crippen LogP contribution in [0.15, 0.2) is 42.5 Å². The third-order valence-electron chi connectivity index (χ3n) is 4.64. The number of alkyl halides is 3. The van der Waals surface area contributed by atoms with Crippen LogP contribution in [0, 0.1) is 0 Å². The zero-order valence-corrected chi connectivity index (χ0v) is 20.8. The van der Waals surface area contributed by atoms with E-state index in [1.807, 2.05) is 18.2 Å². The molecule has 5 nitrogen and oxygen atoms in total. The van der Waals surface area contributed by atoms with Gasteiger partial charge in [-0.25, -0.2) is 9.37 Å². The number of aliphatic hydroxyl groups excluding tert-OH is 1. The van der Waals surface area contributed by atoms with Gasteiger partial charge in [0, 0.05) is 22.9 Å². The summed E-state index contributed by atoms with van der Waals surface area (Å²) in [7, 11) is 0. The van der Waals surface area contributed by atoms with E-state index in [9.17, 15) is 14.3 Å². The number of thiazole rings is 1. The first-order valence-corrected chi connectivity index (χ1v) is 12.2. The van der Waals surface area contributed by atoms with E-state index in [-0.39, 0.29) is 12.5 Å². The van der Waals surface area contributed by atoms with E-state index in [1.54, 1.807) is 69.5 Å². The van der Waals surface area contributed by atoms with Crippen molar-refractivity contribution in [3.8, 4) is 5.75 Å². The lowest BCUT2D eigenvalue weighted by atomic mass is 9.99. The Bertz CT molecular complexity index is 1140. The van der Waals surface area contributed by atoms with Crippen LogP contribution in [-0.2, 0) is 13.1 Å². The molecule has 0 saturated carbocycles. The highest BCUT2D eigenvalue weighted by Crippen LogP contribution is 2.44. The van der Waals surface area contributed by atoms with Crippen molar-refractivity contribution >= 4 is 83.9 Å². The molecule has 0 radical (unpaired) electrons. The van der Waals surface area contributed by atoms with Crippen LogP contribution in [0.2, 0.25) is 0 Å². The minimum Gasteiger partial charge on any atom is -0.493 e. The van der Waals surface area contributed by atoms with Crippen molar-refractivity contribution in [1.29, 1.82) is 0 Å². The maximum atomic E-state index is 14.3. The monoisotopic (exact) mass is 650 g/mol. The number of aliphatic hydroxyl groups is 1. The summed E-state index contributed by atoms with van der Waals surface area (Å²) in [6, 6.07) is 10.7. The molecular formula is C21H17FI2N2O3S. The molecule has 0 bridgehead atoms. The normalized spacial score (nSPS) is 15.5. The first-order valence-electron chi connectivity index (χ1n) is 9.20. The maximum absolute atomic E-state index is 14.3. The fraction of sp³-hybridized carbons (Fsp3) is 0.238. The van der Waals surface area contributed by atoms with Crippen LogP contribution in [0.5, 0.6) is 5.75 Å². The molecule has 2 heterocycles. The van der Waals surface area contributed by atoms with Crippen LogP contribution in [-0.4, -0.2) is 22.6 Å². The predicted molar refractivity (Wildman–Crippen MR) is 134 cm³/mol. The topological polar surface area (TPSA) is 71.5 Å². The summed E-state index contributed by atoms with van der Waals surface area (Å²) >= 11 is 4.91. The van der Waals surface area contributed by atoms with Gasteiger partial charge in [-0.1, -0.05) is 12.1 Å². The van der Waals surface area contributed by atoms with Gasteiger partial charge in [-0.3, -0.25) is 4.79 Å². The Kier molecular flexibility index (Phi) is 6.61. The van der Waals surface area contributed by atoms with E-state index in [2.05, 4.69) is 10.3 Å². The van der Waals surface area contributed by atoms with Gasteiger partial charge in [0.2, 0.25) is 7.59 Å². The quantitative estimate of drug-likeness (QED) is 0.209. The number of hydrogen-bond donors (Lipinski definition) is 2. The molecule has 30 heavy (non-hydrogen) atoms. The molecule has 0 saturated heterocycles. The first-order chi connectivity index (χ1) is 14.3. The van der Waals surface area contributed by atoms with Crippen LogP contribution >= 0.6 is 56.5 Å². The van der Waals surface area contributed by atoms with E-state index >= 15 is 0 Å². The van der Waals surface area contributed by atoms with Gasteiger partial charge in [-0.2, -0.15) is 0 Å². The fourth-order valence-electron chi connectivity index (χ4n) is 3.27. The molecule has 0 atom stereocenters. The molecule has 1 aliphatic rings. The Hall–Kier alpha value is -1.31. The van der Waals surface area contributed by atoms with E-state index in [4.69, 9.17) is 4.74 Å². The summed E-state index contributed by atoms with van der Waals surface area (Å²) < 4.78 is 19.5. The number of halogens is 3. The van der Waals surface area contributed by atoms with Crippen molar-refractivity contribution in [2.24, 2.45) is 0 Å². The van der Waals surface area contributed by atoms with Crippen molar-refractivity contribution in [2.45, 2.75) is 21.1 Å². The number of aromatic nitrogens is 1. The first kappa shape index (κ1) is 21.9. The number of fused-ring (bicyclic) bond motifs is 2. The Balaban J connectivity index is 1.59. The number of nitrogens with one attached hydrogen (secondary N) is 1. The fourth-order valence-corrected chi connectivity index (χ4v) is 4.75. The molecule has 2 aromatic carbocycles. The van der Waals surface area contributed by atoms with Gasteiger partial charge < -0.3 is 15.2 Å². The number of anilines is 1. The third kappa shape index (κ3) is 4.94. The van der Waals surface area contributed by atoms with Crippen LogP contribution in [0.25, 0.3) is 15.8 Å². The number of benzene rings is 2. The van der Waals surface area contributed by atoms with Gasteiger partial charge in [0.05, 0.1) is 23.4 Å². The lowest BCUT2D eigenvalue weighted by Gasteiger charge is -2.15. The highest BCUT2D eigenvalue weighted by Gasteiger charge is 2.26. The molecule has 9 heteroatoms. The SMILES string of the molecule is O=C(/C=C1\CCCOc2cc(C(F)(I)I)ccc21)Nc1ccc2sc(CO)nc2c1.